The first kappa shape index (κ1) is 15.8. The molecule has 2 aromatic rings. The maximum absolute atomic E-state index is 11.9. The van der Waals surface area contributed by atoms with Crippen molar-refractivity contribution in [2.45, 2.75) is 0 Å². The van der Waals surface area contributed by atoms with Gasteiger partial charge in [-0.3, -0.25) is 9.78 Å². The zero-order valence-corrected chi connectivity index (χ0v) is 11.9. The lowest BCUT2D eigenvalue weighted by Crippen LogP contribution is -2.32. The molecule has 10 nitrogen and oxygen atoms in total. The number of primary amides is 1. The number of amides is 2. The molecule has 0 aliphatic heterocycles. The summed E-state index contributed by atoms with van der Waals surface area (Å²) in [6.07, 6.45) is 0.873. The van der Waals surface area contributed by atoms with Gasteiger partial charge in [0.25, 0.3) is 5.56 Å². The molecule has 1 heterocycles. The number of urea groups is 1. The van der Waals surface area contributed by atoms with E-state index < -0.39 is 23.2 Å². The van der Waals surface area contributed by atoms with Crippen LogP contribution in [0.1, 0.15) is 5.56 Å². The topological polar surface area (TPSA) is 152 Å². The van der Waals surface area contributed by atoms with E-state index in [1.165, 1.54) is 19.2 Å². The molecule has 5 N–H and O–H groups in total. The Bertz CT molecular complexity index is 866. The number of hydrazone groups is 1. The van der Waals surface area contributed by atoms with E-state index in [2.05, 4.69) is 5.10 Å². The summed E-state index contributed by atoms with van der Waals surface area (Å²) in [4.78, 5) is 36.3. The molecule has 120 valence electrons. The molecule has 1 aromatic carbocycles. The second-order valence-corrected chi connectivity index (χ2v) is 4.26. The van der Waals surface area contributed by atoms with Crippen molar-refractivity contribution >= 4 is 12.2 Å². The highest BCUT2D eigenvalue weighted by atomic mass is 16.5. The van der Waals surface area contributed by atoms with Gasteiger partial charge in [0.15, 0.2) is 0 Å². The lowest BCUT2D eigenvalue weighted by Gasteiger charge is -2.10. The SMILES string of the molecule is COc1ccc(-n2c(O)c(/C=N/NC(N)=O)c(=O)[nH]c2=O)cc1. The van der Waals surface area contributed by atoms with E-state index in [0.29, 0.717) is 11.4 Å². The molecular formula is C13H13N5O5. The maximum Gasteiger partial charge on any atom is 0.335 e. The summed E-state index contributed by atoms with van der Waals surface area (Å²) in [6, 6.07) is 5.24. The van der Waals surface area contributed by atoms with Gasteiger partial charge in [-0.05, 0) is 24.3 Å². The summed E-state index contributed by atoms with van der Waals surface area (Å²) in [7, 11) is 1.49. The number of carbonyl (C=O) groups is 1. The van der Waals surface area contributed by atoms with Gasteiger partial charge < -0.3 is 15.6 Å². The third-order valence-corrected chi connectivity index (χ3v) is 2.82. The van der Waals surface area contributed by atoms with Crippen molar-refractivity contribution in [3.63, 3.8) is 0 Å². The summed E-state index contributed by atoms with van der Waals surface area (Å²) in [5.74, 6) is -0.0860. The summed E-state index contributed by atoms with van der Waals surface area (Å²) in [6.45, 7) is 0. The molecule has 2 amide bonds. The van der Waals surface area contributed by atoms with E-state index in [0.717, 1.165) is 10.8 Å². The predicted molar refractivity (Wildman–Crippen MR) is 81.2 cm³/mol. The summed E-state index contributed by atoms with van der Waals surface area (Å²) in [5, 5.41) is 13.6. The van der Waals surface area contributed by atoms with E-state index in [-0.39, 0.29) is 5.56 Å². The Kier molecular flexibility index (Phi) is 4.45. The van der Waals surface area contributed by atoms with E-state index >= 15 is 0 Å². The number of aromatic nitrogens is 2. The number of hydrogen-bond acceptors (Lipinski definition) is 6. The van der Waals surface area contributed by atoms with Gasteiger partial charge in [-0.15, -0.1) is 0 Å². The number of benzene rings is 1. The van der Waals surface area contributed by atoms with Crippen LogP contribution >= 0.6 is 0 Å². The van der Waals surface area contributed by atoms with Crippen LogP contribution in [-0.4, -0.2) is 34.0 Å². The number of methoxy groups -OCH3 is 1. The van der Waals surface area contributed by atoms with Crippen LogP contribution in [0.5, 0.6) is 11.6 Å². The van der Waals surface area contributed by atoms with Crippen LogP contribution in [0.3, 0.4) is 0 Å². The highest BCUT2D eigenvalue weighted by Crippen LogP contribution is 2.18. The van der Waals surface area contributed by atoms with Gasteiger partial charge in [-0.2, -0.15) is 5.10 Å². The van der Waals surface area contributed by atoms with Crippen LogP contribution in [0.25, 0.3) is 5.69 Å². The van der Waals surface area contributed by atoms with Gasteiger partial charge in [0.1, 0.15) is 11.3 Å². The fourth-order valence-corrected chi connectivity index (χ4v) is 1.79. The van der Waals surface area contributed by atoms with Crippen LogP contribution in [0.2, 0.25) is 0 Å². The zero-order chi connectivity index (χ0) is 17.0. The van der Waals surface area contributed by atoms with Crippen LogP contribution in [0.4, 0.5) is 4.79 Å². The number of nitrogens with two attached hydrogens (primary N) is 1. The van der Waals surface area contributed by atoms with Crippen LogP contribution in [0, 0.1) is 0 Å². The molecule has 0 saturated heterocycles. The molecule has 0 saturated carbocycles. The number of hydrogen-bond donors (Lipinski definition) is 4. The first-order valence-electron chi connectivity index (χ1n) is 6.25. The predicted octanol–water partition coefficient (Wildman–Crippen LogP) is -0.758. The molecule has 0 atom stereocenters. The summed E-state index contributed by atoms with van der Waals surface area (Å²) in [5.41, 5.74) is 4.97. The fourth-order valence-electron chi connectivity index (χ4n) is 1.79. The van der Waals surface area contributed by atoms with E-state index in [1.54, 1.807) is 12.1 Å². The molecule has 0 fully saturated rings. The van der Waals surface area contributed by atoms with Gasteiger partial charge in [0, 0.05) is 0 Å². The van der Waals surface area contributed by atoms with Crippen LogP contribution in [0.15, 0.2) is 39.0 Å². The number of rotatable bonds is 4. The molecule has 0 radical (unpaired) electrons. The highest BCUT2D eigenvalue weighted by Gasteiger charge is 2.14. The summed E-state index contributed by atoms with van der Waals surface area (Å²) >= 11 is 0. The normalized spacial score (nSPS) is 10.7. The minimum absolute atomic E-state index is 0.294. The molecule has 0 unspecified atom stereocenters. The molecule has 10 heteroatoms. The number of aromatic amines is 1. The van der Waals surface area contributed by atoms with E-state index in [9.17, 15) is 19.5 Å². The number of carbonyl (C=O) groups excluding carboxylic acids is 1. The van der Waals surface area contributed by atoms with Crippen molar-refractivity contribution in [1.82, 2.24) is 15.0 Å². The molecule has 0 aliphatic rings. The Morgan fingerprint density at radius 3 is 2.61 bits per heavy atom. The average molecular weight is 319 g/mol. The summed E-state index contributed by atoms with van der Waals surface area (Å²) < 4.78 is 5.87. The second-order valence-electron chi connectivity index (χ2n) is 4.26. The van der Waals surface area contributed by atoms with Gasteiger partial charge >= 0.3 is 11.7 Å². The zero-order valence-electron chi connectivity index (χ0n) is 11.9. The Morgan fingerprint density at radius 1 is 1.39 bits per heavy atom. The lowest BCUT2D eigenvalue weighted by molar-refractivity contribution is 0.249. The number of ether oxygens (including phenoxy) is 1. The van der Waals surface area contributed by atoms with Gasteiger partial charge in [-0.1, -0.05) is 0 Å². The number of nitrogens with zero attached hydrogens (tertiary/aromatic N) is 2. The van der Waals surface area contributed by atoms with Crippen molar-refractivity contribution in [2.24, 2.45) is 10.8 Å². The number of H-pyrrole nitrogens is 1. The third-order valence-electron chi connectivity index (χ3n) is 2.82. The van der Waals surface area contributed by atoms with E-state index in [1.807, 2.05) is 10.4 Å². The van der Waals surface area contributed by atoms with Gasteiger partial charge in [0.2, 0.25) is 5.88 Å². The molecular weight excluding hydrogens is 306 g/mol. The quantitative estimate of drug-likeness (QED) is 0.431. The Balaban J connectivity index is 2.55. The Hall–Kier alpha value is -3.56. The molecule has 23 heavy (non-hydrogen) atoms. The lowest BCUT2D eigenvalue weighted by atomic mass is 10.2. The first-order chi connectivity index (χ1) is 10.9. The van der Waals surface area contributed by atoms with Crippen LogP contribution in [-0.2, 0) is 0 Å². The second kappa shape index (κ2) is 6.47. The van der Waals surface area contributed by atoms with Gasteiger partial charge in [-0.25, -0.2) is 19.6 Å². The van der Waals surface area contributed by atoms with E-state index in [4.69, 9.17) is 10.5 Å². The average Bonchev–Trinajstić information content (AvgIpc) is 2.50. The molecule has 0 aliphatic carbocycles. The van der Waals surface area contributed by atoms with Crippen molar-refractivity contribution in [2.75, 3.05) is 7.11 Å². The standard InChI is InChI=1S/C13H13N5O5/c1-23-8-4-2-7(3-5-8)18-11(20)9(6-15-17-12(14)21)10(19)16-13(18)22/h2-6,20H,1H3,(H3,14,17,21)(H,16,19,22)/b15-6+. The third kappa shape index (κ3) is 3.37. The van der Waals surface area contributed by atoms with Crippen molar-refractivity contribution < 1.29 is 14.6 Å². The Labute approximate surface area is 128 Å². The largest absolute Gasteiger partial charge is 0.497 e. The van der Waals surface area contributed by atoms with Crippen molar-refractivity contribution in [3.8, 4) is 17.3 Å². The fraction of sp³-hybridized carbons (Fsp3) is 0.0769. The minimum atomic E-state index is -0.944. The highest BCUT2D eigenvalue weighted by molar-refractivity contribution is 5.83. The first-order valence-corrected chi connectivity index (χ1v) is 6.25. The van der Waals surface area contributed by atoms with Gasteiger partial charge in [0.05, 0.1) is 19.0 Å². The molecule has 2 rings (SSSR count). The monoisotopic (exact) mass is 319 g/mol. The number of nitrogens with one attached hydrogen (secondary N) is 2. The molecule has 1 aromatic heterocycles. The molecule has 0 spiro atoms. The van der Waals surface area contributed by atoms with Crippen molar-refractivity contribution in [1.29, 1.82) is 0 Å². The smallest absolute Gasteiger partial charge is 0.335 e. The molecule has 0 bridgehead atoms. The van der Waals surface area contributed by atoms with Crippen molar-refractivity contribution in [3.05, 3.63) is 50.7 Å². The van der Waals surface area contributed by atoms with Crippen LogP contribution < -0.4 is 27.1 Å². The maximum atomic E-state index is 11.9. The minimum Gasteiger partial charge on any atom is -0.497 e. The number of aromatic hydroxyl groups is 1. The Morgan fingerprint density at radius 2 is 2.04 bits per heavy atom.